The lowest BCUT2D eigenvalue weighted by Crippen LogP contribution is -2.21. The van der Waals surface area contributed by atoms with Crippen molar-refractivity contribution in [3.8, 4) is 0 Å². The molecule has 2 rings (SSSR count). The van der Waals surface area contributed by atoms with Crippen LogP contribution in [0.4, 0.5) is 0 Å². The highest BCUT2D eigenvalue weighted by molar-refractivity contribution is 7.84. The Hall–Kier alpha value is -1.30. The van der Waals surface area contributed by atoms with E-state index in [1.165, 1.54) is 0 Å². The fourth-order valence-electron chi connectivity index (χ4n) is 1.71. The minimum atomic E-state index is -1.18. The van der Waals surface area contributed by atoms with Crippen LogP contribution < -0.4 is 0 Å². The van der Waals surface area contributed by atoms with Gasteiger partial charge in [0, 0.05) is 28.1 Å². The molecule has 0 aliphatic rings. The van der Waals surface area contributed by atoms with Gasteiger partial charge >= 0.3 is 0 Å². The summed E-state index contributed by atoms with van der Waals surface area (Å²) in [4.78, 5) is 4.24. The van der Waals surface area contributed by atoms with Gasteiger partial charge in [-0.25, -0.2) is 0 Å². The van der Waals surface area contributed by atoms with E-state index in [1.807, 2.05) is 30.3 Å². The smallest absolute Gasteiger partial charge is 0.0885 e. The van der Waals surface area contributed by atoms with E-state index in [2.05, 4.69) is 4.98 Å². The maximum atomic E-state index is 11.7. The SMILES string of the molecule is O=S(Cc1ccc2cccnc2c1)CC(O)CO. The molecule has 1 aromatic heterocycles. The molecule has 0 aliphatic heterocycles. The average molecular weight is 265 g/mol. The van der Waals surface area contributed by atoms with Crippen LogP contribution in [-0.4, -0.2) is 37.9 Å². The lowest BCUT2D eigenvalue weighted by atomic mass is 10.1. The molecule has 0 radical (unpaired) electrons. The van der Waals surface area contributed by atoms with E-state index in [-0.39, 0.29) is 12.4 Å². The average Bonchev–Trinajstić information content (AvgIpc) is 2.38. The zero-order valence-corrected chi connectivity index (χ0v) is 10.6. The number of fused-ring (bicyclic) bond motifs is 1. The van der Waals surface area contributed by atoms with Crippen molar-refractivity contribution in [3.63, 3.8) is 0 Å². The highest BCUT2D eigenvalue weighted by Gasteiger charge is 2.09. The van der Waals surface area contributed by atoms with Crippen LogP contribution in [0.3, 0.4) is 0 Å². The molecule has 0 aliphatic carbocycles. The van der Waals surface area contributed by atoms with E-state index in [0.29, 0.717) is 5.75 Å². The second-order valence-electron chi connectivity index (χ2n) is 4.12. The van der Waals surface area contributed by atoms with Crippen molar-refractivity contribution >= 4 is 21.7 Å². The first-order valence-corrected chi connectivity index (χ1v) is 7.15. The third kappa shape index (κ3) is 3.35. The zero-order valence-electron chi connectivity index (χ0n) is 9.82. The first kappa shape index (κ1) is 13.1. The van der Waals surface area contributed by atoms with E-state index < -0.39 is 16.9 Å². The summed E-state index contributed by atoms with van der Waals surface area (Å²) < 4.78 is 11.7. The second kappa shape index (κ2) is 6.04. The maximum Gasteiger partial charge on any atom is 0.0885 e. The highest BCUT2D eigenvalue weighted by atomic mass is 32.2. The molecule has 1 aromatic carbocycles. The number of nitrogens with zero attached hydrogens (tertiary/aromatic N) is 1. The molecule has 0 bridgehead atoms. The van der Waals surface area contributed by atoms with Crippen molar-refractivity contribution < 1.29 is 14.4 Å². The van der Waals surface area contributed by atoms with Crippen molar-refractivity contribution in [1.82, 2.24) is 4.98 Å². The number of pyridine rings is 1. The Bertz CT molecular complexity index is 559. The predicted octanol–water partition coefficient (Wildman–Crippen LogP) is 0.837. The Morgan fingerprint density at radius 2 is 2.17 bits per heavy atom. The third-order valence-electron chi connectivity index (χ3n) is 2.59. The largest absolute Gasteiger partial charge is 0.394 e. The fourth-order valence-corrected chi connectivity index (χ4v) is 2.92. The molecule has 4 nitrogen and oxygen atoms in total. The van der Waals surface area contributed by atoms with E-state index >= 15 is 0 Å². The lowest BCUT2D eigenvalue weighted by molar-refractivity contribution is 0.113. The van der Waals surface area contributed by atoms with Gasteiger partial charge in [-0.3, -0.25) is 9.19 Å². The van der Waals surface area contributed by atoms with Crippen molar-refractivity contribution in [1.29, 1.82) is 0 Å². The predicted molar refractivity (Wildman–Crippen MR) is 71.5 cm³/mol. The van der Waals surface area contributed by atoms with Crippen LogP contribution in [0.2, 0.25) is 0 Å². The van der Waals surface area contributed by atoms with Crippen molar-refractivity contribution in [3.05, 3.63) is 42.1 Å². The van der Waals surface area contributed by atoms with Gasteiger partial charge in [0.25, 0.3) is 0 Å². The summed E-state index contributed by atoms with van der Waals surface area (Å²) in [6, 6.07) is 9.60. The monoisotopic (exact) mass is 265 g/mol. The summed E-state index contributed by atoms with van der Waals surface area (Å²) in [5.74, 6) is 0.459. The molecule has 0 saturated heterocycles. The van der Waals surface area contributed by atoms with Crippen molar-refractivity contribution in [2.45, 2.75) is 11.9 Å². The number of hydrogen-bond acceptors (Lipinski definition) is 4. The molecule has 5 heteroatoms. The minimum absolute atomic E-state index is 0.0940. The first-order valence-electron chi connectivity index (χ1n) is 5.66. The first-order chi connectivity index (χ1) is 8.69. The number of aliphatic hydroxyl groups excluding tert-OH is 2. The molecule has 0 amide bonds. The molecule has 1 heterocycles. The molecule has 2 unspecified atom stereocenters. The molecule has 0 saturated carbocycles. The van der Waals surface area contributed by atoms with Crippen LogP contribution in [-0.2, 0) is 16.6 Å². The summed E-state index contributed by atoms with van der Waals surface area (Å²) in [7, 11) is -1.18. The number of hydrogen-bond donors (Lipinski definition) is 2. The highest BCUT2D eigenvalue weighted by Crippen LogP contribution is 2.14. The van der Waals surface area contributed by atoms with Gasteiger partial charge in [0.2, 0.25) is 0 Å². The zero-order chi connectivity index (χ0) is 13.0. The molecule has 2 atom stereocenters. The second-order valence-corrected chi connectivity index (χ2v) is 5.62. The van der Waals surface area contributed by atoms with Crippen LogP contribution >= 0.6 is 0 Å². The standard InChI is InChI=1S/C13H15NO3S/c15-7-12(16)9-18(17)8-10-3-4-11-2-1-5-14-13(11)6-10/h1-6,12,15-16H,7-9H2. The molecule has 2 N–H and O–H groups in total. The normalized spacial score (nSPS) is 14.6. The van der Waals surface area contributed by atoms with Crippen molar-refractivity contribution in [2.24, 2.45) is 0 Å². The quantitative estimate of drug-likeness (QED) is 0.840. The van der Waals surface area contributed by atoms with Gasteiger partial charge < -0.3 is 10.2 Å². The van der Waals surface area contributed by atoms with Gasteiger partial charge in [0.1, 0.15) is 0 Å². The minimum Gasteiger partial charge on any atom is -0.394 e. The molecule has 0 spiro atoms. The molecule has 0 fully saturated rings. The van der Waals surface area contributed by atoms with Crippen LogP contribution in [0.1, 0.15) is 5.56 Å². The molecule has 96 valence electrons. The Morgan fingerprint density at radius 3 is 2.94 bits per heavy atom. The van der Waals surface area contributed by atoms with E-state index in [4.69, 9.17) is 5.11 Å². The topological polar surface area (TPSA) is 70.4 Å². The Morgan fingerprint density at radius 1 is 1.33 bits per heavy atom. The van der Waals surface area contributed by atoms with E-state index in [1.54, 1.807) is 6.20 Å². The van der Waals surface area contributed by atoms with Crippen LogP contribution in [0.25, 0.3) is 10.9 Å². The summed E-state index contributed by atoms with van der Waals surface area (Å²) in [5.41, 5.74) is 1.79. The van der Waals surface area contributed by atoms with Crippen molar-refractivity contribution in [2.75, 3.05) is 12.4 Å². The fraction of sp³-hybridized carbons (Fsp3) is 0.308. The van der Waals surface area contributed by atoms with Crippen LogP contribution in [0.15, 0.2) is 36.5 Å². The molecular formula is C13H15NO3S. The molecular weight excluding hydrogens is 250 g/mol. The van der Waals surface area contributed by atoms with Crippen LogP contribution in [0.5, 0.6) is 0 Å². The lowest BCUT2D eigenvalue weighted by Gasteiger charge is -2.07. The number of rotatable bonds is 5. The van der Waals surface area contributed by atoms with Gasteiger partial charge in [-0.2, -0.15) is 0 Å². The Balaban J connectivity index is 2.10. The Kier molecular flexibility index (Phi) is 4.41. The third-order valence-corrected chi connectivity index (χ3v) is 4.00. The van der Waals surface area contributed by atoms with Gasteiger partial charge in [0.05, 0.1) is 24.0 Å². The molecule has 18 heavy (non-hydrogen) atoms. The van der Waals surface area contributed by atoms with Gasteiger partial charge in [-0.1, -0.05) is 18.2 Å². The number of aliphatic hydroxyl groups is 2. The number of aromatic nitrogens is 1. The Labute approximate surface area is 108 Å². The summed E-state index contributed by atoms with van der Waals surface area (Å²) in [6.07, 6.45) is 0.808. The van der Waals surface area contributed by atoms with Gasteiger partial charge in [-0.05, 0) is 17.7 Å². The molecule has 2 aromatic rings. The maximum absolute atomic E-state index is 11.7. The summed E-state index contributed by atoms with van der Waals surface area (Å²) in [6.45, 7) is -0.356. The number of benzene rings is 1. The van der Waals surface area contributed by atoms with E-state index in [0.717, 1.165) is 16.5 Å². The summed E-state index contributed by atoms with van der Waals surface area (Å²) >= 11 is 0. The van der Waals surface area contributed by atoms with Gasteiger partial charge in [-0.15, -0.1) is 0 Å². The van der Waals surface area contributed by atoms with Gasteiger partial charge in [0.15, 0.2) is 0 Å². The van der Waals surface area contributed by atoms with E-state index in [9.17, 15) is 9.32 Å². The van der Waals surface area contributed by atoms with Crippen LogP contribution in [0, 0.1) is 0 Å². The summed E-state index contributed by atoms with van der Waals surface area (Å²) in [5, 5.41) is 19.0.